The SMILES string of the molecule is CS(=O)CCNC(=O)c1ccc2c(c1)CNC2. The fourth-order valence-electron chi connectivity index (χ4n) is 1.85. The molecule has 0 aliphatic carbocycles. The van der Waals surface area contributed by atoms with E-state index in [0.29, 0.717) is 17.9 Å². The summed E-state index contributed by atoms with van der Waals surface area (Å²) in [6, 6.07) is 5.75. The Balaban J connectivity index is 1.97. The summed E-state index contributed by atoms with van der Waals surface area (Å²) in [7, 11) is -0.863. The molecule has 0 aromatic heterocycles. The zero-order valence-electron chi connectivity index (χ0n) is 9.79. The van der Waals surface area contributed by atoms with E-state index in [-0.39, 0.29) is 5.91 Å². The Kier molecular flexibility index (Phi) is 3.91. The number of fused-ring (bicyclic) bond motifs is 1. The van der Waals surface area contributed by atoms with Crippen LogP contribution in [-0.4, -0.2) is 28.7 Å². The number of carbonyl (C=O) groups excluding carboxylic acids is 1. The molecule has 0 spiro atoms. The van der Waals surface area contributed by atoms with E-state index in [9.17, 15) is 9.00 Å². The van der Waals surface area contributed by atoms with Crippen LogP contribution in [-0.2, 0) is 23.9 Å². The Labute approximate surface area is 103 Å². The highest BCUT2D eigenvalue weighted by atomic mass is 32.2. The third-order valence-corrected chi connectivity index (χ3v) is 3.55. The lowest BCUT2D eigenvalue weighted by Crippen LogP contribution is -2.27. The summed E-state index contributed by atoms with van der Waals surface area (Å²) in [5, 5.41) is 6.01. The highest BCUT2D eigenvalue weighted by Gasteiger charge is 2.13. The van der Waals surface area contributed by atoms with Crippen molar-refractivity contribution in [2.75, 3.05) is 18.6 Å². The number of rotatable bonds is 4. The Hall–Kier alpha value is -1.20. The molecule has 0 fully saturated rings. The fraction of sp³-hybridized carbons (Fsp3) is 0.417. The number of hydrogen-bond donors (Lipinski definition) is 2. The van der Waals surface area contributed by atoms with E-state index in [1.807, 2.05) is 18.2 Å². The van der Waals surface area contributed by atoms with Crippen molar-refractivity contribution in [1.82, 2.24) is 10.6 Å². The summed E-state index contributed by atoms with van der Waals surface area (Å²) in [6.07, 6.45) is 1.63. The van der Waals surface area contributed by atoms with E-state index >= 15 is 0 Å². The molecule has 4 nitrogen and oxygen atoms in total. The first-order chi connectivity index (χ1) is 8.16. The van der Waals surface area contributed by atoms with Crippen LogP contribution in [0.2, 0.25) is 0 Å². The van der Waals surface area contributed by atoms with E-state index in [0.717, 1.165) is 13.1 Å². The van der Waals surface area contributed by atoms with E-state index in [2.05, 4.69) is 10.6 Å². The van der Waals surface area contributed by atoms with Gasteiger partial charge in [-0.2, -0.15) is 0 Å². The molecule has 1 aromatic rings. The van der Waals surface area contributed by atoms with Gasteiger partial charge in [-0.05, 0) is 23.3 Å². The standard InChI is InChI=1S/C12H16N2O2S/c1-17(16)5-4-14-12(15)9-2-3-10-7-13-8-11(10)6-9/h2-3,6,13H,4-5,7-8H2,1H3,(H,14,15). The van der Waals surface area contributed by atoms with Gasteiger partial charge < -0.3 is 10.6 Å². The first kappa shape index (κ1) is 12.3. The predicted molar refractivity (Wildman–Crippen MR) is 68.3 cm³/mol. The number of hydrogen-bond acceptors (Lipinski definition) is 3. The Morgan fingerprint density at radius 3 is 2.94 bits per heavy atom. The minimum absolute atomic E-state index is 0.0925. The monoisotopic (exact) mass is 252 g/mol. The van der Waals surface area contributed by atoms with Crippen LogP contribution in [0.1, 0.15) is 21.5 Å². The second kappa shape index (κ2) is 5.42. The van der Waals surface area contributed by atoms with Crippen LogP contribution in [0.15, 0.2) is 18.2 Å². The molecule has 2 N–H and O–H groups in total. The van der Waals surface area contributed by atoms with Crippen LogP contribution in [0.4, 0.5) is 0 Å². The molecule has 1 atom stereocenters. The van der Waals surface area contributed by atoms with Gasteiger partial charge in [0.15, 0.2) is 0 Å². The van der Waals surface area contributed by atoms with Crippen molar-refractivity contribution in [3.63, 3.8) is 0 Å². The second-order valence-corrected chi connectivity index (χ2v) is 5.67. The van der Waals surface area contributed by atoms with Gasteiger partial charge in [0.2, 0.25) is 0 Å². The Bertz CT molecular complexity index is 460. The van der Waals surface area contributed by atoms with Crippen molar-refractivity contribution in [2.45, 2.75) is 13.1 Å². The lowest BCUT2D eigenvalue weighted by atomic mass is 10.1. The molecular formula is C12H16N2O2S. The normalized spacial score (nSPS) is 15.4. The average molecular weight is 252 g/mol. The van der Waals surface area contributed by atoms with Gasteiger partial charge in [0.25, 0.3) is 5.91 Å². The van der Waals surface area contributed by atoms with Crippen LogP contribution in [0.5, 0.6) is 0 Å². The molecule has 1 aromatic carbocycles. The van der Waals surface area contributed by atoms with E-state index < -0.39 is 10.8 Å². The summed E-state index contributed by atoms with van der Waals surface area (Å²) < 4.78 is 10.9. The van der Waals surface area contributed by atoms with E-state index in [4.69, 9.17) is 0 Å². The molecule has 5 heteroatoms. The summed E-state index contributed by atoms with van der Waals surface area (Å²) in [5.74, 6) is 0.406. The van der Waals surface area contributed by atoms with E-state index in [1.54, 1.807) is 6.26 Å². The first-order valence-electron chi connectivity index (χ1n) is 5.57. The Morgan fingerprint density at radius 1 is 1.41 bits per heavy atom. The van der Waals surface area contributed by atoms with Gasteiger partial charge in [-0.15, -0.1) is 0 Å². The van der Waals surface area contributed by atoms with Crippen molar-refractivity contribution in [3.8, 4) is 0 Å². The van der Waals surface area contributed by atoms with Crippen molar-refractivity contribution >= 4 is 16.7 Å². The van der Waals surface area contributed by atoms with Gasteiger partial charge >= 0.3 is 0 Å². The molecule has 0 saturated heterocycles. The molecule has 92 valence electrons. The van der Waals surface area contributed by atoms with Gasteiger partial charge in [-0.25, -0.2) is 0 Å². The topological polar surface area (TPSA) is 58.2 Å². The molecule has 0 radical (unpaired) electrons. The zero-order chi connectivity index (χ0) is 12.3. The number of benzene rings is 1. The third kappa shape index (κ3) is 3.14. The maximum absolute atomic E-state index is 11.8. The van der Waals surface area contributed by atoms with Crippen molar-refractivity contribution < 1.29 is 9.00 Å². The lowest BCUT2D eigenvalue weighted by Gasteiger charge is -2.05. The molecule has 0 saturated carbocycles. The van der Waals surface area contributed by atoms with Gasteiger partial charge in [-0.3, -0.25) is 9.00 Å². The molecule has 1 amide bonds. The summed E-state index contributed by atoms with van der Waals surface area (Å²) >= 11 is 0. The van der Waals surface area contributed by atoms with Gasteiger partial charge in [0, 0.05) is 48.0 Å². The number of nitrogens with one attached hydrogen (secondary N) is 2. The van der Waals surface area contributed by atoms with Crippen LogP contribution in [0, 0.1) is 0 Å². The minimum Gasteiger partial charge on any atom is -0.351 e. The summed E-state index contributed by atoms with van der Waals surface area (Å²) in [6.45, 7) is 2.17. The number of amides is 1. The van der Waals surface area contributed by atoms with Crippen LogP contribution >= 0.6 is 0 Å². The largest absolute Gasteiger partial charge is 0.351 e. The van der Waals surface area contributed by atoms with Gasteiger partial charge in [0.1, 0.15) is 0 Å². The highest BCUT2D eigenvalue weighted by Crippen LogP contribution is 2.16. The molecule has 1 aliphatic heterocycles. The second-order valence-electron chi connectivity index (χ2n) is 4.12. The Morgan fingerprint density at radius 2 is 2.18 bits per heavy atom. The molecule has 2 rings (SSSR count). The molecule has 1 aliphatic rings. The highest BCUT2D eigenvalue weighted by molar-refractivity contribution is 7.84. The molecular weight excluding hydrogens is 236 g/mol. The lowest BCUT2D eigenvalue weighted by molar-refractivity contribution is 0.0956. The molecule has 1 unspecified atom stereocenters. The minimum atomic E-state index is -0.863. The third-order valence-electron chi connectivity index (χ3n) is 2.77. The van der Waals surface area contributed by atoms with Crippen LogP contribution < -0.4 is 10.6 Å². The molecule has 17 heavy (non-hydrogen) atoms. The molecule has 0 bridgehead atoms. The maximum Gasteiger partial charge on any atom is 0.251 e. The summed E-state index contributed by atoms with van der Waals surface area (Å²) in [4.78, 5) is 11.8. The quantitative estimate of drug-likeness (QED) is 0.815. The number of carbonyl (C=O) groups is 1. The van der Waals surface area contributed by atoms with Crippen molar-refractivity contribution in [1.29, 1.82) is 0 Å². The van der Waals surface area contributed by atoms with E-state index in [1.165, 1.54) is 11.1 Å². The van der Waals surface area contributed by atoms with Gasteiger partial charge in [-0.1, -0.05) is 6.07 Å². The van der Waals surface area contributed by atoms with Gasteiger partial charge in [0.05, 0.1) is 0 Å². The van der Waals surface area contributed by atoms with Crippen LogP contribution in [0.3, 0.4) is 0 Å². The maximum atomic E-state index is 11.8. The predicted octanol–water partition coefficient (Wildman–Crippen LogP) is 0.398. The average Bonchev–Trinajstić information content (AvgIpc) is 2.75. The van der Waals surface area contributed by atoms with Crippen molar-refractivity contribution in [2.24, 2.45) is 0 Å². The smallest absolute Gasteiger partial charge is 0.251 e. The zero-order valence-corrected chi connectivity index (χ0v) is 10.6. The fourth-order valence-corrected chi connectivity index (χ4v) is 2.24. The molecule has 1 heterocycles. The first-order valence-corrected chi connectivity index (χ1v) is 7.30. The van der Waals surface area contributed by atoms with Crippen LogP contribution in [0.25, 0.3) is 0 Å². The summed E-state index contributed by atoms with van der Waals surface area (Å²) in [5.41, 5.74) is 3.13. The van der Waals surface area contributed by atoms with Crippen molar-refractivity contribution in [3.05, 3.63) is 34.9 Å².